The second kappa shape index (κ2) is 10.6. The summed E-state index contributed by atoms with van der Waals surface area (Å²) in [6.45, 7) is 5.62. The maximum Gasteiger partial charge on any atom is 0.216 e. The fourth-order valence-electron chi connectivity index (χ4n) is 3.14. The van der Waals surface area contributed by atoms with E-state index in [-0.39, 0.29) is 41.9 Å². The molecule has 1 N–H and O–H groups in total. The topological polar surface area (TPSA) is 79.2 Å². The van der Waals surface area contributed by atoms with Crippen molar-refractivity contribution in [3.8, 4) is 0 Å². The molecule has 0 spiro atoms. The minimum atomic E-state index is -3.32. The third-order valence-corrected chi connectivity index (χ3v) is 6.25. The van der Waals surface area contributed by atoms with Crippen molar-refractivity contribution in [2.24, 2.45) is 12.0 Å². The first-order chi connectivity index (χ1) is 12.2. The van der Waals surface area contributed by atoms with Crippen LogP contribution in [-0.4, -0.2) is 79.8 Å². The Kier molecular flexibility index (Phi) is 9.52. The minimum absolute atomic E-state index is 0. The molecule has 156 valence electrons. The molecular weight excluding hydrogens is 481 g/mol. The summed E-state index contributed by atoms with van der Waals surface area (Å²) in [7, 11) is 2.30. The third-order valence-electron chi connectivity index (χ3n) is 4.45. The molecule has 0 amide bonds. The van der Waals surface area contributed by atoms with E-state index in [1.54, 1.807) is 7.05 Å². The van der Waals surface area contributed by atoms with Crippen LogP contribution in [0.5, 0.6) is 0 Å². The van der Waals surface area contributed by atoms with E-state index < -0.39 is 10.0 Å². The standard InChI is InChI=1S/C17H31N5O3S.HI/c1-14-11-22(12-15(2)25-14)26(23,24)10-8-19-17(18-3)21(5)13-16-7-6-9-20(16)4;/h6-7,9,14-15H,8,10-13H2,1-5H3,(H,18,19);1H. The van der Waals surface area contributed by atoms with Gasteiger partial charge in [-0.15, -0.1) is 24.0 Å². The number of aromatic nitrogens is 1. The zero-order chi connectivity index (χ0) is 19.3. The zero-order valence-corrected chi connectivity index (χ0v) is 19.9. The van der Waals surface area contributed by atoms with Gasteiger partial charge in [0.05, 0.1) is 24.5 Å². The Morgan fingerprint density at radius 2 is 2.00 bits per heavy atom. The molecule has 0 aromatic carbocycles. The van der Waals surface area contributed by atoms with Crippen molar-refractivity contribution in [1.82, 2.24) is 19.1 Å². The van der Waals surface area contributed by atoms with Crippen molar-refractivity contribution in [2.45, 2.75) is 32.6 Å². The highest BCUT2D eigenvalue weighted by atomic mass is 127. The van der Waals surface area contributed by atoms with Gasteiger partial charge < -0.3 is 19.5 Å². The van der Waals surface area contributed by atoms with Crippen LogP contribution in [0.15, 0.2) is 23.3 Å². The molecule has 2 unspecified atom stereocenters. The summed E-state index contributed by atoms with van der Waals surface area (Å²) in [6, 6.07) is 4.05. The predicted octanol–water partition coefficient (Wildman–Crippen LogP) is 1.09. The summed E-state index contributed by atoms with van der Waals surface area (Å²) in [6.07, 6.45) is 1.84. The monoisotopic (exact) mass is 513 g/mol. The first-order valence-corrected chi connectivity index (χ1v) is 10.5. The van der Waals surface area contributed by atoms with Crippen LogP contribution in [0.1, 0.15) is 19.5 Å². The summed E-state index contributed by atoms with van der Waals surface area (Å²) in [5.74, 6) is 0.703. The summed E-state index contributed by atoms with van der Waals surface area (Å²) in [5, 5.41) is 3.15. The van der Waals surface area contributed by atoms with E-state index in [2.05, 4.69) is 20.9 Å². The van der Waals surface area contributed by atoms with E-state index in [1.165, 1.54) is 4.31 Å². The SMILES string of the molecule is CN=C(NCCS(=O)(=O)N1CC(C)OC(C)C1)N(C)Cc1cccn1C.I. The molecule has 2 rings (SSSR count). The maximum atomic E-state index is 12.6. The van der Waals surface area contributed by atoms with Gasteiger partial charge in [0, 0.05) is 52.7 Å². The molecular formula is C17H32IN5O3S. The van der Waals surface area contributed by atoms with Crippen LogP contribution in [0.4, 0.5) is 0 Å². The van der Waals surface area contributed by atoms with Crippen molar-refractivity contribution in [1.29, 1.82) is 0 Å². The molecule has 0 saturated carbocycles. The van der Waals surface area contributed by atoms with Gasteiger partial charge in [0.15, 0.2) is 5.96 Å². The second-order valence-corrected chi connectivity index (χ2v) is 8.92. The lowest BCUT2D eigenvalue weighted by atomic mass is 10.3. The highest BCUT2D eigenvalue weighted by Crippen LogP contribution is 2.14. The number of nitrogens with one attached hydrogen (secondary N) is 1. The van der Waals surface area contributed by atoms with Crippen molar-refractivity contribution in [2.75, 3.05) is 39.5 Å². The molecule has 0 radical (unpaired) electrons. The Balaban J connectivity index is 0.00000364. The van der Waals surface area contributed by atoms with Gasteiger partial charge >= 0.3 is 0 Å². The van der Waals surface area contributed by atoms with Gasteiger partial charge in [0.25, 0.3) is 0 Å². The Bertz CT molecular complexity index is 712. The minimum Gasteiger partial charge on any atom is -0.373 e. The Morgan fingerprint density at radius 1 is 1.37 bits per heavy atom. The van der Waals surface area contributed by atoms with Crippen LogP contribution in [-0.2, 0) is 28.4 Å². The van der Waals surface area contributed by atoms with Crippen molar-refractivity contribution < 1.29 is 13.2 Å². The quantitative estimate of drug-likeness (QED) is 0.350. The van der Waals surface area contributed by atoms with Crippen molar-refractivity contribution >= 4 is 40.0 Å². The number of ether oxygens (including phenoxy) is 1. The number of halogens is 1. The van der Waals surface area contributed by atoms with Crippen LogP contribution in [0, 0.1) is 0 Å². The number of nitrogens with zero attached hydrogens (tertiary/aromatic N) is 4. The average Bonchev–Trinajstić information content (AvgIpc) is 2.95. The summed E-state index contributed by atoms with van der Waals surface area (Å²) < 4.78 is 34.4. The van der Waals surface area contributed by atoms with Gasteiger partial charge in [-0.2, -0.15) is 4.31 Å². The van der Waals surface area contributed by atoms with Gasteiger partial charge in [-0.3, -0.25) is 4.99 Å². The average molecular weight is 513 g/mol. The summed E-state index contributed by atoms with van der Waals surface area (Å²) >= 11 is 0. The third kappa shape index (κ3) is 6.91. The van der Waals surface area contributed by atoms with Crippen LogP contribution in [0.3, 0.4) is 0 Å². The van der Waals surface area contributed by atoms with Gasteiger partial charge in [0.1, 0.15) is 0 Å². The molecule has 0 bridgehead atoms. The van der Waals surface area contributed by atoms with Gasteiger partial charge in [-0.05, 0) is 26.0 Å². The molecule has 2 atom stereocenters. The van der Waals surface area contributed by atoms with Crippen molar-refractivity contribution in [3.05, 3.63) is 24.0 Å². The molecule has 1 aliphatic heterocycles. The second-order valence-electron chi connectivity index (χ2n) is 6.83. The number of sulfonamides is 1. The molecule has 2 heterocycles. The number of hydrogen-bond donors (Lipinski definition) is 1. The largest absolute Gasteiger partial charge is 0.373 e. The van der Waals surface area contributed by atoms with Gasteiger partial charge in [-0.25, -0.2) is 8.42 Å². The molecule has 8 nitrogen and oxygen atoms in total. The molecule has 1 aromatic rings. The van der Waals surface area contributed by atoms with Crippen LogP contribution in [0.25, 0.3) is 0 Å². The van der Waals surface area contributed by atoms with E-state index in [0.717, 1.165) is 5.69 Å². The number of morpholine rings is 1. The van der Waals surface area contributed by atoms with E-state index in [0.29, 0.717) is 32.1 Å². The fourth-order valence-corrected chi connectivity index (χ4v) is 4.63. The lowest BCUT2D eigenvalue weighted by Gasteiger charge is -2.34. The van der Waals surface area contributed by atoms with E-state index in [9.17, 15) is 8.42 Å². The maximum absolute atomic E-state index is 12.6. The van der Waals surface area contributed by atoms with E-state index in [4.69, 9.17) is 4.74 Å². The molecule has 1 aromatic heterocycles. The molecule has 27 heavy (non-hydrogen) atoms. The molecule has 1 fully saturated rings. The van der Waals surface area contributed by atoms with E-state index in [1.807, 2.05) is 45.1 Å². The Labute approximate surface area is 180 Å². The van der Waals surface area contributed by atoms with Crippen molar-refractivity contribution in [3.63, 3.8) is 0 Å². The molecule has 1 saturated heterocycles. The lowest BCUT2D eigenvalue weighted by molar-refractivity contribution is -0.0440. The Hall–Kier alpha value is -0.850. The number of rotatable bonds is 6. The summed E-state index contributed by atoms with van der Waals surface area (Å²) in [5.41, 5.74) is 1.15. The summed E-state index contributed by atoms with van der Waals surface area (Å²) in [4.78, 5) is 6.22. The smallest absolute Gasteiger partial charge is 0.216 e. The van der Waals surface area contributed by atoms with Crippen LogP contribution < -0.4 is 5.32 Å². The zero-order valence-electron chi connectivity index (χ0n) is 16.8. The first-order valence-electron chi connectivity index (χ1n) is 8.88. The Morgan fingerprint density at radius 3 is 2.52 bits per heavy atom. The highest BCUT2D eigenvalue weighted by Gasteiger charge is 2.30. The lowest BCUT2D eigenvalue weighted by Crippen LogP contribution is -2.50. The molecule has 0 aliphatic carbocycles. The number of hydrogen-bond acceptors (Lipinski definition) is 4. The van der Waals surface area contributed by atoms with Gasteiger partial charge in [-0.1, -0.05) is 0 Å². The molecule has 10 heteroatoms. The normalized spacial score (nSPS) is 21.6. The fraction of sp³-hybridized carbons (Fsp3) is 0.706. The number of aryl methyl sites for hydroxylation is 1. The van der Waals surface area contributed by atoms with E-state index >= 15 is 0 Å². The van der Waals surface area contributed by atoms with Gasteiger partial charge in [0.2, 0.25) is 10.0 Å². The highest BCUT2D eigenvalue weighted by molar-refractivity contribution is 14.0. The first kappa shape index (κ1) is 24.2. The number of guanidine groups is 1. The van der Waals surface area contributed by atoms with Crippen LogP contribution in [0.2, 0.25) is 0 Å². The predicted molar refractivity (Wildman–Crippen MR) is 119 cm³/mol. The number of aliphatic imine (C=N–C) groups is 1. The molecule has 1 aliphatic rings. The van der Waals surface area contributed by atoms with Crippen LogP contribution >= 0.6 is 24.0 Å².